The lowest BCUT2D eigenvalue weighted by Gasteiger charge is -2.35. The van der Waals surface area contributed by atoms with Gasteiger partial charge in [0.05, 0.1) is 11.3 Å². The second-order valence-electron chi connectivity index (χ2n) is 7.78. The number of rotatable bonds is 5. The molecule has 8 nitrogen and oxygen atoms in total. The van der Waals surface area contributed by atoms with Crippen molar-refractivity contribution in [2.45, 2.75) is 44.0 Å². The highest BCUT2D eigenvalue weighted by Gasteiger charge is 2.39. The number of carbonyl (C=O) groups is 2. The van der Waals surface area contributed by atoms with E-state index < -0.39 is 22.0 Å². The number of aliphatic hydroxyl groups is 1. The van der Waals surface area contributed by atoms with Gasteiger partial charge in [0.1, 0.15) is 6.04 Å². The van der Waals surface area contributed by atoms with Crippen molar-refractivity contribution >= 4 is 33.4 Å². The summed E-state index contributed by atoms with van der Waals surface area (Å²) < 4.78 is 27.7. The van der Waals surface area contributed by atoms with Gasteiger partial charge in [-0.2, -0.15) is 0 Å². The third-order valence-corrected chi connectivity index (χ3v) is 7.90. The third kappa shape index (κ3) is 4.48. The molecule has 3 rings (SSSR count). The topological polar surface area (TPSA) is 107 Å². The van der Waals surface area contributed by atoms with Gasteiger partial charge in [0.25, 0.3) is 10.0 Å². The summed E-state index contributed by atoms with van der Waals surface area (Å²) in [5.41, 5.74) is 1.05. The zero-order valence-electron chi connectivity index (χ0n) is 17.0. The van der Waals surface area contributed by atoms with Crippen LogP contribution in [0.25, 0.3) is 0 Å². The highest BCUT2D eigenvalue weighted by Crippen LogP contribution is 2.29. The number of hydrogen-bond donors (Lipinski definition) is 2. The Balaban J connectivity index is 1.88. The number of piperidine rings is 1. The van der Waals surface area contributed by atoms with Crippen LogP contribution in [0.3, 0.4) is 0 Å². The quantitative estimate of drug-likeness (QED) is 0.700. The summed E-state index contributed by atoms with van der Waals surface area (Å²) in [6.07, 6.45) is 3.84. The molecule has 0 saturated carbocycles. The molecule has 1 aromatic rings. The Bertz CT molecular complexity index is 979. The standard InChI is InChI=1S/C20H26ClN3O5S/c1-13-9-18(14(2)8-16(13)21)30(28,29)24-7-5-22-20(27)17(24)10-19(26)23-6-3-4-15(11-23)12-25/h5,7-9,15,17,25H,3-4,6,10-12H2,1-2H3,(H,22,27)/t15-,17-/m1/s1. The molecule has 0 aliphatic carbocycles. The minimum absolute atomic E-state index is 0.00214. The van der Waals surface area contributed by atoms with Crippen molar-refractivity contribution in [3.05, 3.63) is 40.7 Å². The Labute approximate surface area is 181 Å². The first-order chi connectivity index (χ1) is 14.1. The van der Waals surface area contributed by atoms with E-state index in [0.717, 1.165) is 17.1 Å². The van der Waals surface area contributed by atoms with Crippen LogP contribution in [0, 0.1) is 19.8 Å². The molecule has 0 bridgehead atoms. The Hall–Kier alpha value is -2.10. The zero-order valence-corrected chi connectivity index (χ0v) is 18.5. The average Bonchev–Trinajstić information content (AvgIpc) is 2.71. The summed E-state index contributed by atoms with van der Waals surface area (Å²) in [5.74, 6) is -0.872. The molecule has 0 spiro atoms. The van der Waals surface area contributed by atoms with E-state index in [9.17, 15) is 23.1 Å². The van der Waals surface area contributed by atoms with Gasteiger partial charge >= 0.3 is 0 Å². The molecule has 2 heterocycles. The summed E-state index contributed by atoms with van der Waals surface area (Å²) >= 11 is 6.10. The smallest absolute Gasteiger partial charge is 0.264 e. The molecule has 2 atom stereocenters. The number of amides is 2. The van der Waals surface area contributed by atoms with Gasteiger partial charge in [-0.05, 0) is 55.9 Å². The Morgan fingerprint density at radius 2 is 2.03 bits per heavy atom. The fourth-order valence-electron chi connectivity index (χ4n) is 3.82. The van der Waals surface area contributed by atoms with Gasteiger partial charge in [0.15, 0.2) is 0 Å². The van der Waals surface area contributed by atoms with Crippen LogP contribution in [0.4, 0.5) is 0 Å². The van der Waals surface area contributed by atoms with Gasteiger partial charge in [-0.25, -0.2) is 8.42 Å². The lowest BCUT2D eigenvalue weighted by molar-refractivity contribution is -0.137. The number of benzene rings is 1. The van der Waals surface area contributed by atoms with Crippen molar-refractivity contribution in [3.8, 4) is 0 Å². The molecule has 30 heavy (non-hydrogen) atoms. The van der Waals surface area contributed by atoms with Crippen molar-refractivity contribution < 1.29 is 23.1 Å². The normalized spacial score (nSPS) is 22.2. The molecule has 1 aromatic carbocycles. The van der Waals surface area contributed by atoms with Crippen LogP contribution in [0.2, 0.25) is 5.02 Å². The van der Waals surface area contributed by atoms with E-state index in [1.54, 1.807) is 24.8 Å². The van der Waals surface area contributed by atoms with E-state index in [1.165, 1.54) is 18.5 Å². The van der Waals surface area contributed by atoms with Gasteiger partial charge in [-0.3, -0.25) is 13.9 Å². The summed E-state index contributed by atoms with van der Waals surface area (Å²) in [5, 5.41) is 12.3. The van der Waals surface area contributed by atoms with Gasteiger partial charge in [0.2, 0.25) is 11.8 Å². The number of likely N-dealkylation sites (tertiary alicyclic amines) is 1. The predicted octanol–water partition coefficient (Wildman–Crippen LogP) is 1.54. The molecular weight excluding hydrogens is 430 g/mol. The first-order valence-corrected chi connectivity index (χ1v) is 11.6. The minimum atomic E-state index is -4.09. The number of hydrogen-bond acceptors (Lipinski definition) is 5. The van der Waals surface area contributed by atoms with E-state index in [1.807, 2.05) is 0 Å². The summed E-state index contributed by atoms with van der Waals surface area (Å²) in [6, 6.07) is 1.85. The summed E-state index contributed by atoms with van der Waals surface area (Å²) in [7, 11) is -4.09. The predicted molar refractivity (Wildman–Crippen MR) is 112 cm³/mol. The number of aryl methyl sites for hydroxylation is 2. The van der Waals surface area contributed by atoms with Crippen LogP contribution in [-0.2, 0) is 19.6 Å². The number of aliphatic hydroxyl groups excluding tert-OH is 1. The maximum Gasteiger partial charge on any atom is 0.264 e. The zero-order chi connectivity index (χ0) is 22.1. The molecule has 2 N–H and O–H groups in total. The van der Waals surface area contributed by atoms with E-state index in [0.29, 0.717) is 29.2 Å². The molecule has 2 aliphatic heterocycles. The Kier molecular flexibility index (Phi) is 6.74. The van der Waals surface area contributed by atoms with Crippen LogP contribution in [0.15, 0.2) is 29.4 Å². The molecule has 10 heteroatoms. The van der Waals surface area contributed by atoms with E-state index in [-0.39, 0.29) is 29.7 Å². The lowest BCUT2D eigenvalue weighted by atomic mass is 9.98. The lowest BCUT2D eigenvalue weighted by Crippen LogP contribution is -2.52. The number of sulfonamides is 1. The van der Waals surface area contributed by atoms with Crippen molar-refractivity contribution in [2.75, 3.05) is 19.7 Å². The van der Waals surface area contributed by atoms with Gasteiger partial charge in [-0.1, -0.05) is 11.6 Å². The number of carbonyl (C=O) groups excluding carboxylic acids is 2. The molecule has 2 amide bonds. The van der Waals surface area contributed by atoms with Crippen molar-refractivity contribution in [1.29, 1.82) is 0 Å². The number of halogens is 1. The minimum Gasteiger partial charge on any atom is -0.396 e. The maximum absolute atomic E-state index is 13.4. The van der Waals surface area contributed by atoms with Crippen LogP contribution >= 0.6 is 11.6 Å². The second-order valence-corrected chi connectivity index (χ2v) is 10.00. The molecule has 0 radical (unpaired) electrons. The van der Waals surface area contributed by atoms with E-state index in [2.05, 4.69) is 5.32 Å². The first kappa shape index (κ1) is 22.6. The van der Waals surface area contributed by atoms with E-state index >= 15 is 0 Å². The molecular formula is C20H26ClN3O5S. The third-order valence-electron chi connectivity index (χ3n) is 5.57. The van der Waals surface area contributed by atoms with Crippen molar-refractivity contribution in [3.63, 3.8) is 0 Å². The number of nitrogens with one attached hydrogen (secondary N) is 1. The summed E-state index contributed by atoms with van der Waals surface area (Å²) in [4.78, 5) is 27.0. The molecule has 2 aliphatic rings. The average molecular weight is 456 g/mol. The van der Waals surface area contributed by atoms with Crippen LogP contribution < -0.4 is 5.32 Å². The fraction of sp³-hybridized carbons (Fsp3) is 0.500. The monoisotopic (exact) mass is 455 g/mol. The Morgan fingerprint density at radius 3 is 2.73 bits per heavy atom. The SMILES string of the molecule is Cc1cc(S(=O)(=O)N2C=CNC(=O)[C@H]2CC(=O)N2CCC[C@@H](CO)C2)c(C)cc1Cl. The highest BCUT2D eigenvalue weighted by molar-refractivity contribution is 7.89. The van der Waals surface area contributed by atoms with Gasteiger partial charge in [0, 0.05) is 37.1 Å². The van der Waals surface area contributed by atoms with Crippen LogP contribution in [-0.4, -0.2) is 60.3 Å². The van der Waals surface area contributed by atoms with Gasteiger partial charge in [-0.15, -0.1) is 0 Å². The fourth-order valence-corrected chi connectivity index (χ4v) is 5.78. The van der Waals surface area contributed by atoms with Crippen molar-refractivity contribution in [1.82, 2.24) is 14.5 Å². The molecule has 1 saturated heterocycles. The maximum atomic E-state index is 13.4. The highest BCUT2D eigenvalue weighted by atomic mass is 35.5. The molecule has 164 valence electrons. The van der Waals surface area contributed by atoms with Crippen LogP contribution in [0.5, 0.6) is 0 Å². The van der Waals surface area contributed by atoms with E-state index in [4.69, 9.17) is 11.6 Å². The number of nitrogens with zero attached hydrogens (tertiary/aromatic N) is 2. The molecule has 1 fully saturated rings. The summed E-state index contributed by atoms with van der Waals surface area (Å²) in [6.45, 7) is 4.26. The second kappa shape index (κ2) is 8.95. The molecule has 0 aromatic heterocycles. The van der Waals surface area contributed by atoms with Gasteiger partial charge < -0.3 is 15.3 Å². The van der Waals surface area contributed by atoms with Crippen LogP contribution in [0.1, 0.15) is 30.4 Å². The Morgan fingerprint density at radius 1 is 1.30 bits per heavy atom. The molecule has 0 unspecified atom stereocenters. The van der Waals surface area contributed by atoms with Crippen molar-refractivity contribution in [2.24, 2.45) is 5.92 Å². The first-order valence-electron chi connectivity index (χ1n) is 9.81. The largest absolute Gasteiger partial charge is 0.396 e.